The molecule has 2 N–H and O–H groups in total. The maximum atomic E-state index is 11.2. The monoisotopic (exact) mass is 241 g/mol. The highest BCUT2D eigenvalue weighted by molar-refractivity contribution is 5.77. The van der Waals surface area contributed by atoms with E-state index in [2.05, 4.69) is 15.0 Å². The van der Waals surface area contributed by atoms with E-state index in [9.17, 15) is 4.79 Å². The van der Waals surface area contributed by atoms with Crippen LogP contribution in [0.15, 0.2) is 41.3 Å². The molecule has 0 saturated carbocycles. The van der Waals surface area contributed by atoms with Crippen LogP contribution in [-0.2, 0) is 0 Å². The van der Waals surface area contributed by atoms with Crippen molar-refractivity contribution in [1.29, 1.82) is 0 Å². The minimum absolute atomic E-state index is 0.250. The molecule has 0 spiro atoms. The van der Waals surface area contributed by atoms with Gasteiger partial charge < -0.3 is 9.72 Å². The maximum absolute atomic E-state index is 11.2. The van der Waals surface area contributed by atoms with Crippen molar-refractivity contribution in [2.24, 2.45) is 0 Å². The van der Waals surface area contributed by atoms with Gasteiger partial charge in [-0.2, -0.15) is 0 Å². The van der Waals surface area contributed by atoms with E-state index < -0.39 is 0 Å². The zero-order chi connectivity index (χ0) is 12.5. The number of pyridine rings is 1. The van der Waals surface area contributed by atoms with Gasteiger partial charge in [0, 0.05) is 11.8 Å². The highest BCUT2D eigenvalue weighted by atomic mass is 16.5. The lowest BCUT2D eigenvalue weighted by molar-refractivity contribution is 0.415. The molecule has 0 aliphatic carbocycles. The number of hydrogen-bond acceptors (Lipinski definition) is 3. The number of nitrogens with one attached hydrogen (secondary N) is 2. The second-order valence-corrected chi connectivity index (χ2v) is 3.93. The zero-order valence-corrected chi connectivity index (χ0v) is 9.73. The van der Waals surface area contributed by atoms with Gasteiger partial charge in [-0.05, 0) is 23.8 Å². The molecule has 0 aliphatic heterocycles. The number of imidazole rings is 1. The van der Waals surface area contributed by atoms with Gasteiger partial charge in [-0.25, -0.2) is 9.78 Å². The number of fused-ring (bicyclic) bond motifs is 1. The lowest BCUT2D eigenvalue weighted by Gasteiger charge is -2.04. The standard InChI is InChI=1S/C13H11N3O2/c1-18-10-4-2-3-8(5-10)9-6-11-12(14-7-9)16-13(17)15-11/h2-7H,1H3,(H2,14,15,16,17). The average Bonchev–Trinajstić information content (AvgIpc) is 2.77. The molecular weight excluding hydrogens is 230 g/mol. The summed E-state index contributed by atoms with van der Waals surface area (Å²) in [6.07, 6.45) is 1.72. The van der Waals surface area contributed by atoms with Crippen LogP contribution in [0.1, 0.15) is 0 Å². The summed E-state index contributed by atoms with van der Waals surface area (Å²) >= 11 is 0. The van der Waals surface area contributed by atoms with Crippen molar-refractivity contribution >= 4 is 11.2 Å². The summed E-state index contributed by atoms with van der Waals surface area (Å²) < 4.78 is 5.18. The Bertz CT molecular complexity index is 758. The average molecular weight is 241 g/mol. The maximum Gasteiger partial charge on any atom is 0.325 e. The fourth-order valence-electron chi connectivity index (χ4n) is 1.88. The van der Waals surface area contributed by atoms with Gasteiger partial charge in [0.2, 0.25) is 0 Å². The number of H-pyrrole nitrogens is 2. The number of hydrogen-bond donors (Lipinski definition) is 2. The molecule has 2 heterocycles. The van der Waals surface area contributed by atoms with E-state index in [1.807, 2.05) is 30.3 Å². The fraction of sp³-hybridized carbons (Fsp3) is 0.0769. The van der Waals surface area contributed by atoms with Gasteiger partial charge in [-0.15, -0.1) is 0 Å². The third-order valence-corrected chi connectivity index (χ3v) is 2.77. The van der Waals surface area contributed by atoms with E-state index in [1.54, 1.807) is 13.3 Å². The van der Waals surface area contributed by atoms with Gasteiger partial charge in [0.25, 0.3) is 0 Å². The van der Waals surface area contributed by atoms with Crippen LogP contribution in [0, 0.1) is 0 Å². The van der Waals surface area contributed by atoms with Gasteiger partial charge in [0.05, 0.1) is 12.6 Å². The third kappa shape index (κ3) is 1.75. The van der Waals surface area contributed by atoms with Crippen LogP contribution < -0.4 is 10.4 Å². The van der Waals surface area contributed by atoms with Crippen molar-refractivity contribution in [3.8, 4) is 16.9 Å². The van der Waals surface area contributed by atoms with Crippen molar-refractivity contribution < 1.29 is 4.74 Å². The number of aromatic amines is 2. The molecule has 5 nitrogen and oxygen atoms in total. The zero-order valence-electron chi connectivity index (χ0n) is 9.73. The molecule has 0 amide bonds. The van der Waals surface area contributed by atoms with Crippen LogP contribution in [0.2, 0.25) is 0 Å². The number of aromatic nitrogens is 3. The quantitative estimate of drug-likeness (QED) is 0.720. The first-order valence-corrected chi connectivity index (χ1v) is 5.49. The molecule has 0 fully saturated rings. The number of benzene rings is 1. The van der Waals surface area contributed by atoms with Crippen LogP contribution in [0.3, 0.4) is 0 Å². The normalized spacial score (nSPS) is 10.7. The largest absolute Gasteiger partial charge is 0.497 e. The summed E-state index contributed by atoms with van der Waals surface area (Å²) in [6, 6.07) is 9.57. The highest BCUT2D eigenvalue weighted by Gasteiger charge is 2.04. The number of methoxy groups -OCH3 is 1. The summed E-state index contributed by atoms with van der Waals surface area (Å²) in [5.74, 6) is 0.787. The molecule has 3 aromatic rings. The Hall–Kier alpha value is -2.56. The number of ether oxygens (including phenoxy) is 1. The molecule has 90 valence electrons. The minimum Gasteiger partial charge on any atom is -0.497 e. The van der Waals surface area contributed by atoms with E-state index in [0.29, 0.717) is 11.2 Å². The predicted molar refractivity (Wildman–Crippen MR) is 68.7 cm³/mol. The Morgan fingerprint density at radius 2 is 2.06 bits per heavy atom. The summed E-state index contributed by atoms with van der Waals surface area (Å²) in [4.78, 5) is 20.7. The van der Waals surface area contributed by atoms with Gasteiger partial charge in [0.15, 0.2) is 5.65 Å². The van der Waals surface area contributed by atoms with Crippen LogP contribution >= 0.6 is 0 Å². The van der Waals surface area contributed by atoms with E-state index in [4.69, 9.17) is 4.74 Å². The third-order valence-electron chi connectivity index (χ3n) is 2.77. The van der Waals surface area contributed by atoms with Crippen LogP contribution in [0.5, 0.6) is 5.75 Å². The summed E-state index contributed by atoms with van der Waals surface area (Å²) in [5, 5.41) is 0. The van der Waals surface area contributed by atoms with Gasteiger partial charge in [0.1, 0.15) is 5.75 Å². The molecule has 3 rings (SSSR count). The Labute approximate surface area is 102 Å². The van der Waals surface area contributed by atoms with E-state index in [-0.39, 0.29) is 5.69 Å². The SMILES string of the molecule is COc1cccc(-c2cnc3[nH]c(=O)[nH]c3c2)c1. The van der Waals surface area contributed by atoms with Crippen LogP contribution in [0.4, 0.5) is 0 Å². The highest BCUT2D eigenvalue weighted by Crippen LogP contribution is 2.24. The minimum atomic E-state index is -0.250. The number of nitrogens with zero attached hydrogens (tertiary/aromatic N) is 1. The van der Waals surface area contributed by atoms with E-state index in [1.165, 1.54) is 0 Å². The van der Waals surface area contributed by atoms with Crippen molar-refractivity contribution in [2.75, 3.05) is 7.11 Å². The Morgan fingerprint density at radius 3 is 2.89 bits per heavy atom. The van der Waals surface area contributed by atoms with Gasteiger partial charge in [-0.1, -0.05) is 12.1 Å². The molecule has 0 unspecified atom stereocenters. The molecule has 18 heavy (non-hydrogen) atoms. The molecule has 0 atom stereocenters. The second-order valence-electron chi connectivity index (χ2n) is 3.93. The smallest absolute Gasteiger partial charge is 0.325 e. The van der Waals surface area contributed by atoms with Crippen molar-refractivity contribution in [3.05, 3.63) is 47.0 Å². The van der Waals surface area contributed by atoms with Crippen molar-refractivity contribution in [2.45, 2.75) is 0 Å². The summed E-state index contributed by atoms with van der Waals surface area (Å²) in [7, 11) is 1.63. The number of rotatable bonds is 2. The van der Waals surface area contributed by atoms with Gasteiger partial charge in [-0.3, -0.25) is 4.98 Å². The molecule has 0 aliphatic rings. The van der Waals surface area contributed by atoms with E-state index in [0.717, 1.165) is 16.9 Å². The Balaban J connectivity index is 2.15. The summed E-state index contributed by atoms with van der Waals surface area (Å²) in [6.45, 7) is 0. The van der Waals surface area contributed by atoms with Crippen LogP contribution in [0.25, 0.3) is 22.3 Å². The molecule has 0 saturated heterocycles. The van der Waals surface area contributed by atoms with Gasteiger partial charge >= 0.3 is 5.69 Å². The topological polar surface area (TPSA) is 70.8 Å². The first kappa shape index (κ1) is 10.6. The summed E-state index contributed by atoms with van der Waals surface area (Å²) in [5.41, 5.74) is 2.93. The molecular formula is C13H11N3O2. The van der Waals surface area contributed by atoms with Crippen molar-refractivity contribution in [3.63, 3.8) is 0 Å². The van der Waals surface area contributed by atoms with Crippen LogP contribution in [-0.4, -0.2) is 22.1 Å². The first-order chi connectivity index (χ1) is 8.76. The Kier molecular flexibility index (Phi) is 2.37. The Morgan fingerprint density at radius 1 is 1.17 bits per heavy atom. The molecule has 1 aromatic carbocycles. The fourth-order valence-corrected chi connectivity index (χ4v) is 1.88. The molecule has 0 radical (unpaired) electrons. The first-order valence-electron chi connectivity index (χ1n) is 5.49. The lowest BCUT2D eigenvalue weighted by Crippen LogP contribution is -1.99. The predicted octanol–water partition coefficient (Wildman–Crippen LogP) is 1.93. The second kappa shape index (κ2) is 4.03. The van der Waals surface area contributed by atoms with E-state index >= 15 is 0 Å². The lowest BCUT2D eigenvalue weighted by atomic mass is 10.1. The molecule has 2 aromatic heterocycles. The van der Waals surface area contributed by atoms with Crippen molar-refractivity contribution in [1.82, 2.24) is 15.0 Å². The molecule has 5 heteroatoms. The molecule has 0 bridgehead atoms.